The molecule has 0 spiro atoms. The van der Waals surface area contributed by atoms with Gasteiger partial charge in [-0.3, -0.25) is 0 Å². The Labute approximate surface area is 143 Å². The Bertz CT molecular complexity index is 719. The topological polar surface area (TPSA) is 71.3 Å². The molecule has 2 amide bonds. The van der Waals surface area contributed by atoms with Crippen molar-refractivity contribution in [3.63, 3.8) is 0 Å². The first-order valence-corrected chi connectivity index (χ1v) is 8.09. The molecule has 1 atom stereocenters. The lowest BCUT2D eigenvalue weighted by atomic mass is 9.98. The molecule has 0 saturated carbocycles. The molecule has 0 bridgehead atoms. The standard InChI is InChI=1S/C15H16Cl2N4O2/c1-9-18-14(23-20-9)10-3-2-6-21(8-10)15(22)19-13-7-11(16)4-5-12(13)17/h4-5,7,10H,2-3,6,8H2,1H3,(H,19,22)/t10-/m0/s1. The van der Waals surface area contributed by atoms with Crippen LogP contribution in [0.2, 0.25) is 10.0 Å². The van der Waals surface area contributed by atoms with Crippen LogP contribution in [-0.4, -0.2) is 34.2 Å². The van der Waals surface area contributed by atoms with Crippen molar-refractivity contribution < 1.29 is 9.32 Å². The van der Waals surface area contributed by atoms with E-state index in [1.807, 2.05) is 0 Å². The van der Waals surface area contributed by atoms with Crippen LogP contribution in [0.3, 0.4) is 0 Å². The smallest absolute Gasteiger partial charge is 0.321 e. The second-order valence-corrected chi connectivity index (χ2v) is 6.36. The lowest BCUT2D eigenvalue weighted by Gasteiger charge is -2.31. The number of hydrogen-bond donors (Lipinski definition) is 1. The van der Waals surface area contributed by atoms with Crippen molar-refractivity contribution in [3.05, 3.63) is 40.0 Å². The lowest BCUT2D eigenvalue weighted by molar-refractivity contribution is 0.184. The van der Waals surface area contributed by atoms with Gasteiger partial charge in [0.05, 0.1) is 16.6 Å². The maximum atomic E-state index is 12.5. The van der Waals surface area contributed by atoms with E-state index in [-0.39, 0.29) is 11.9 Å². The molecule has 23 heavy (non-hydrogen) atoms. The highest BCUT2D eigenvalue weighted by Gasteiger charge is 2.28. The number of halogens is 2. The maximum Gasteiger partial charge on any atom is 0.321 e. The van der Waals surface area contributed by atoms with E-state index >= 15 is 0 Å². The summed E-state index contributed by atoms with van der Waals surface area (Å²) in [6, 6.07) is 4.74. The van der Waals surface area contributed by atoms with Gasteiger partial charge in [-0.2, -0.15) is 4.98 Å². The van der Waals surface area contributed by atoms with Gasteiger partial charge < -0.3 is 14.7 Å². The first-order valence-electron chi connectivity index (χ1n) is 7.34. The number of aromatic nitrogens is 2. The average Bonchev–Trinajstić information content (AvgIpc) is 2.97. The van der Waals surface area contributed by atoms with E-state index in [9.17, 15) is 4.79 Å². The largest absolute Gasteiger partial charge is 0.339 e. The summed E-state index contributed by atoms with van der Waals surface area (Å²) < 4.78 is 5.23. The molecule has 0 aliphatic carbocycles. The fraction of sp³-hybridized carbons (Fsp3) is 0.400. The van der Waals surface area contributed by atoms with Crippen molar-refractivity contribution in [2.75, 3.05) is 18.4 Å². The zero-order valence-electron chi connectivity index (χ0n) is 12.6. The Morgan fingerprint density at radius 3 is 3.00 bits per heavy atom. The Hall–Kier alpha value is -1.79. The molecule has 1 aliphatic heterocycles. The first kappa shape index (κ1) is 16.1. The monoisotopic (exact) mass is 354 g/mol. The summed E-state index contributed by atoms with van der Waals surface area (Å²) in [5.74, 6) is 1.25. The molecule has 122 valence electrons. The summed E-state index contributed by atoms with van der Waals surface area (Å²) in [4.78, 5) is 18.4. The van der Waals surface area contributed by atoms with Crippen molar-refractivity contribution in [3.8, 4) is 0 Å². The zero-order chi connectivity index (χ0) is 16.4. The predicted octanol–water partition coefficient (Wildman–Crippen LogP) is 4.10. The number of carbonyl (C=O) groups is 1. The molecule has 2 aromatic rings. The minimum absolute atomic E-state index is 0.0607. The van der Waals surface area contributed by atoms with Crippen LogP contribution in [0.4, 0.5) is 10.5 Å². The molecule has 1 fully saturated rings. The number of piperidine rings is 1. The lowest BCUT2D eigenvalue weighted by Crippen LogP contribution is -2.41. The van der Waals surface area contributed by atoms with Crippen LogP contribution in [0.1, 0.15) is 30.5 Å². The summed E-state index contributed by atoms with van der Waals surface area (Å²) in [5.41, 5.74) is 0.500. The van der Waals surface area contributed by atoms with Gasteiger partial charge in [0, 0.05) is 18.1 Å². The number of carbonyl (C=O) groups excluding carboxylic acids is 1. The van der Waals surface area contributed by atoms with E-state index in [0.717, 1.165) is 12.8 Å². The zero-order valence-corrected chi connectivity index (χ0v) is 14.1. The second kappa shape index (κ2) is 6.76. The molecule has 3 rings (SSSR count). The van der Waals surface area contributed by atoms with Crippen molar-refractivity contribution in [1.29, 1.82) is 0 Å². The van der Waals surface area contributed by atoms with Crippen LogP contribution >= 0.6 is 23.2 Å². The Morgan fingerprint density at radius 2 is 2.26 bits per heavy atom. The van der Waals surface area contributed by atoms with E-state index in [2.05, 4.69) is 15.5 Å². The fourth-order valence-corrected chi connectivity index (χ4v) is 2.97. The van der Waals surface area contributed by atoms with Crippen molar-refractivity contribution in [1.82, 2.24) is 15.0 Å². The number of nitrogens with one attached hydrogen (secondary N) is 1. The van der Waals surface area contributed by atoms with Gasteiger partial charge >= 0.3 is 6.03 Å². The van der Waals surface area contributed by atoms with Gasteiger partial charge in [0.25, 0.3) is 0 Å². The number of amides is 2. The third kappa shape index (κ3) is 3.76. The molecular formula is C15H16Cl2N4O2. The predicted molar refractivity (Wildman–Crippen MR) is 88.1 cm³/mol. The first-order chi connectivity index (χ1) is 11.0. The van der Waals surface area contributed by atoms with E-state index in [1.54, 1.807) is 30.0 Å². The highest BCUT2D eigenvalue weighted by Crippen LogP contribution is 2.28. The Kier molecular flexibility index (Phi) is 4.73. The summed E-state index contributed by atoms with van der Waals surface area (Å²) >= 11 is 12.0. The van der Waals surface area contributed by atoms with Crippen LogP contribution in [0.25, 0.3) is 0 Å². The summed E-state index contributed by atoms with van der Waals surface area (Å²) in [5, 5.41) is 7.58. The van der Waals surface area contributed by atoms with Crippen molar-refractivity contribution in [2.24, 2.45) is 0 Å². The Balaban J connectivity index is 1.68. The number of likely N-dealkylation sites (tertiary alicyclic amines) is 1. The minimum atomic E-state index is -0.213. The fourth-order valence-electron chi connectivity index (χ4n) is 2.63. The maximum absolute atomic E-state index is 12.5. The molecule has 0 unspecified atom stereocenters. The number of hydrogen-bond acceptors (Lipinski definition) is 4. The molecule has 1 saturated heterocycles. The molecular weight excluding hydrogens is 339 g/mol. The third-order valence-electron chi connectivity index (χ3n) is 3.77. The molecule has 6 nitrogen and oxygen atoms in total. The number of anilines is 1. The van der Waals surface area contributed by atoms with Gasteiger partial charge in [0.1, 0.15) is 0 Å². The highest BCUT2D eigenvalue weighted by atomic mass is 35.5. The van der Waals surface area contributed by atoms with Crippen LogP contribution in [0, 0.1) is 6.92 Å². The van der Waals surface area contributed by atoms with Gasteiger partial charge in [-0.15, -0.1) is 0 Å². The van der Waals surface area contributed by atoms with Crippen LogP contribution in [-0.2, 0) is 0 Å². The van der Waals surface area contributed by atoms with Crippen LogP contribution in [0.15, 0.2) is 22.7 Å². The molecule has 1 aromatic heterocycles. The molecule has 0 radical (unpaired) electrons. The molecule has 8 heteroatoms. The highest BCUT2D eigenvalue weighted by molar-refractivity contribution is 6.35. The van der Waals surface area contributed by atoms with Gasteiger partial charge in [0.2, 0.25) is 5.89 Å². The van der Waals surface area contributed by atoms with E-state index in [0.29, 0.717) is 40.5 Å². The van der Waals surface area contributed by atoms with Crippen LogP contribution < -0.4 is 5.32 Å². The van der Waals surface area contributed by atoms with Gasteiger partial charge in [0.15, 0.2) is 5.82 Å². The summed E-state index contributed by atoms with van der Waals surface area (Å²) in [6.45, 7) is 2.99. The third-order valence-corrected chi connectivity index (χ3v) is 4.34. The van der Waals surface area contributed by atoms with E-state index in [1.165, 1.54) is 0 Å². The van der Waals surface area contributed by atoms with E-state index in [4.69, 9.17) is 27.7 Å². The molecule has 1 aromatic carbocycles. The van der Waals surface area contributed by atoms with E-state index < -0.39 is 0 Å². The number of urea groups is 1. The summed E-state index contributed by atoms with van der Waals surface area (Å²) in [7, 11) is 0. The Morgan fingerprint density at radius 1 is 1.43 bits per heavy atom. The van der Waals surface area contributed by atoms with Gasteiger partial charge in [-0.05, 0) is 38.0 Å². The average molecular weight is 355 g/mol. The summed E-state index contributed by atoms with van der Waals surface area (Å²) in [6.07, 6.45) is 1.80. The molecule has 1 aliphatic rings. The van der Waals surface area contributed by atoms with Crippen molar-refractivity contribution >= 4 is 34.9 Å². The number of rotatable bonds is 2. The van der Waals surface area contributed by atoms with Gasteiger partial charge in [-0.25, -0.2) is 4.79 Å². The molecule has 2 heterocycles. The number of benzene rings is 1. The molecule has 1 N–H and O–H groups in total. The number of nitrogens with zero attached hydrogens (tertiary/aromatic N) is 3. The van der Waals surface area contributed by atoms with Gasteiger partial charge in [-0.1, -0.05) is 28.4 Å². The van der Waals surface area contributed by atoms with Crippen molar-refractivity contribution in [2.45, 2.75) is 25.7 Å². The second-order valence-electron chi connectivity index (χ2n) is 5.52. The SMILES string of the molecule is Cc1noc([C@H]2CCCN(C(=O)Nc3cc(Cl)ccc3Cl)C2)n1. The normalized spacial score (nSPS) is 18.0. The number of aryl methyl sites for hydroxylation is 1. The quantitative estimate of drug-likeness (QED) is 0.881. The minimum Gasteiger partial charge on any atom is -0.339 e. The van der Waals surface area contributed by atoms with Crippen LogP contribution in [0.5, 0.6) is 0 Å².